The van der Waals surface area contributed by atoms with E-state index in [-0.39, 0.29) is 5.41 Å². The highest BCUT2D eigenvalue weighted by Crippen LogP contribution is 2.27. The van der Waals surface area contributed by atoms with Crippen LogP contribution in [0.25, 0.3) is 22.6 Å². The molecule has 3 aromatic rings. The van der Waals surface area contributed by atoms with Crippen molar-refractivity contribution >= 4 is 17.4 Å². The number of carbonyl (C=O) groups excluding carboxylic acids is 1. The number of amides is 1. The molecule has 108 valence electrons. The van der Waals surface area contributed by atoms with E-state index in [0.29, 0.717) is 6.54 Å². The van der Waals surface area contributed by atoms with E-state index in [0.717, 1.165) is 34.6 Å². The summed E-state index contributed by atoms with van der Waals surface area (Å²) < 4.78 is 5.36. The SMILES string of the molecule is CC(C)(CNC=O)c1ccc2[nH]c(-c3ccco3)nc2c1. The van der Waals surface area contributed by atoms with Gasteiger partial charge in [0.05, 0.1) is 17.3 Å². The molecule has 3 rings (SSSR count). The summed E-state index contributed by atoms with van der Waals surface area (Å²) in [6.07, 6.45) is 2.35. The molecule has 0 aliphatic carbocycles. The minimum Gasteiger partial charge on any atom is -0.461 e. The van der Waals surface area contributed by atoms with Gasteiger partial charge < -0.3 is 14.7 Å². The Labute approximate surface area is 122 Å². The van der Waals surface area contributed by atoms with Gasteiger partial charge >= 0.3 is 0 Å². The maximum Gasteiger partial charge on any atom is 0.207 e. The zero-order valence-corrected chi connectivity index (χ0v) is 12.0. The molecule has 5 heteroatoms. The minimum absolute atomic E-state index is 0.154. The summed E-state index contributed by atoms with van der Waals surface area (Å²) in [5.74, 6) is 1.44. The van der Waals surface area contributed by atoms with Crippen LogP contribution >= 0.6 is 0 Å². The van der Waals surface area contributed by atoms with Gasteiger partial charge in [0.15, 0.2) is 11.6 Å². The number of carbonyl (C=O) groups is 1. The first-order valence-corrected chi connectivity index (χ1v) is 6.81. The Morgan fingerprint density at radius 3 is 2.95 bits per heavy atom. The molecule has 1 aromatic carbocycles. The molecule has 0 fully saturated rings. The van der Waals surface area contributed by atoms with Crippen LogP contribution < -0.4 is 5.32 Å². The largest absolute Gasteiger partial charge is 0.461 e. The first-order chi connectivity index (χ1) is 10.1. The Morgan fingerprint density at radius 2 is 2.24 bits per heavy atom. The van der Waals surface area contributed by atoms with Crippen LogP contribution in [-0.2, 0) is 10.2 Å². The summed E-state index contributed by atoms with van der Waals surface area (Å²) in [6, 6.07) is 9.81. The number of furan rings is 1. The smallest absolute Gasteiger partial charge is 0.207 e. The lowest BCUT2D eigenvalue weighted by molar-refractivity contribution is -0.109. The lowest BCUT2D eigenvalue weighted by Gasteiger charge is -2.24. The third kappa shape index (κ3) is 2.54. The molecule has 0 radical (unpaired) electrons. The summed E-state index contributed by atoms with van der Waals surface area (Å²) in [6.45, 7) is 4.76. The van der Waals surface area contributed by atoms with Gasteiger partial charge in [0.1, 0.15) is 0 Å². The number of imidazole rings is 1. The summed E-state index contributed by atoms with van der Waals surface area (Å²) in [4.78, 5) is 18.3. The van der Waals surface area contributed by atoms with Crippen molar-refractivity contribution in [3.05, 3.63) is 42.2 Å². The van der Waals surface area contributed by atoms with Crippen LogP contribution in [-0.4, -0.2) is 22.9 Å². The van der Waals surface area contributed by atoms with Crippen molar-refractivity contribution in [1.82, 2.24) is 15.3 Å². The van der Waals surface area contributed by atoms with Crippen LogP contribution in [0.15, 0.2) is 41.0 Å². The van der Waals surface area contributed by atoms with Crippen LogP contribution in [0, 0.1) is 0 Å². The number of fused-ring (bicyclic) bond motifs is 1. The average Bonchev–Trinajstić information content (AvgIpc) is 3.12. The number of aromatic amines is 1. The number of H-pyrrole nitrogens is 1. The molecule has 0 saturated heterocycles. The van der Waals surface area contributed by atoms with Gasteiger partial charge in [-0.3, -0.25) is 4.79 Å². The Hall–Kier alpha value is -2.56. The quantitative estimate of drug-likeness (QED) is 0.707. The van der Waals surface area contributed by atoms with Gasteiger partial charge in [-0.05, 0) is 29.8 Å². The van der Waals surface area contributed by atoms with Crippen molar-refractivity contribution in [2.45, 2.75) is 19.3 Å². The van der Waals surface area contributed by atoms with Crippen LogP contribution in [0.5, 0.6) is 0 Å². The molecule has 0 bridgehead atoms. The highest BCUT2D eigenvalue weighted by molar-refractivity contribution is 5.79. The second-order valence-electron chi connectivity index (χ2n) is 5.68. The monoisotopic (exact) mass is 283 g/mol. The number of hydrogen-bond donors (Lipinski definition) is 2. The summed E-state index contributed by atoms with van der Waals surface area (Å²) in [5.41, 5.74) is 2.82. The Morgan fingerprint density at radius 1 is 1.38 bits per heavy atom. The van der Waals surface area contributed by atoms with Crippen molar-refractivity contribution < 1.29 is 9.21 Å². The van der Waals surface area contributed by atoms with Gasteiger partial charge in [-0.15, -0.1) is 0 Å². The fraction of sp³-hybridized carbons (Fsp3) is 0.250. The molecule has 0 unspecified atom stereocenters. The molecule has 2 aromatic heterocycles. The number of benzene rings is 1. The Bertz CT molecular complexity index is 757. The molecule has 0 spiro atoms. The van der Waals surface area contributed by atoms with Crippen LogP contribution in [0.2, 0.25) is 0 Å². The summed E-state index contributed by atoms with van der Waals surface area (Å²) in [5, 5.41) is 2.74. The van der Waals surface area contributed by atoms with E-state index in [4.69, 9.17) is 4.42 Å². The molecule has 0 aliphatic heterocycles. The third-order valence-electron chi connectivity index (χ3n) is 3.65. The van der Waals surface area contributed by atoms with E-state index < -0.39 is 0 Å². The number of rotatable bonds is 5. The van der Waals surface area contributed by atoms with E-state index in [1.807, 2.05) is 24.3 Å². The first kappa shape index (κ1) is 13.4. The molecule has 0 saturated carbocycles. The second kappa shape index (κ2) is 5.09. The normalized spacial score (nSPS) is 11.7. The van der Waals surface area contributed by atoms with Crippen molar-refractivity contribution in [2.75, 3.05) is 6.54 Å². The fourth-order valence-corrected chi connectivity index (χ4v) is 2.36. The highest BCUT2D eigenvalue weighted by Gasteiger charge is 2.21. The van der Waals surface area contributed by atoms with E-state index in [2.05, 4.69) is 35.2 Å². The third-order valence-corrected chi connectivity index (χ3v) is 3.65. The van der Waals surface area contributed by atoms with E-state index in [1.165, 1.54) is 0 Å². The van der Waals surface area contributed by atoms with Crippen LogP contribution in [0.4, 0.5) is 0 Å². The van der Waals surface area contributed by atoms with E-state index in [9.17, 15) is 4.79 Å². The zero-order chi connectivity index (χ0) is 14.9. The van der Waals surface area contributed by atoms with E-state index in [1.54, 1.807) is 6.26 Å². The predicted octanol–water partition coefficient (Wildman–Crippen LogP) is 2.85. The fourth-order valence-electron chi connectivity index (χ4n) is 2.36. The van der Waals surface area contributed by atoms with Gasteiger partial charge in [0.2, 0.25) is 6.41 Å². The predicted molar refractivity (Wildman–Crippen MR) is 80.9 cm³/mol. The van der Waals surface area contributed by atoms with Gasteiger partial charge in [-0.2, -0.15) is 0 Å². The van der Waals surface area contributed by atoms with Crippen molar-refractivity contribution in [3.63, 3.8) is 0 Å². The number of nitrogens with one attached hydrogen (secondary N) is 2. The maximum absolute atomic E-state index is 10.5. The van der Waals surface area contributed by atoms with Gasteiger partial charge in [-0.25, -0.2) is 4.98 Å². The molecule has 0 aliphatic rings. The zero-order valence-electron chi connectivity index (χ0n) is 12.0. The minimum atomic E-state index is -0.154. The summed E-state index contributed by atoms with van der Waals surface area (Å²) >= 11 is 0. The highest BCUT2D eigenvalue weighted by atomic mass is 16.3. The second-order valence-corrected chi connectivity index (χ2v) is 5.68. The Kier molecular flexibility index (Phi) is 3.25. The van der Waals surface area contributed by atoms with E-state index >= 15 is 0 Å². The number of nitrogens with zero attached hydrogens (tertiary/aromatic N) is 1. The van der Waals surface area contributed by atoms with Crippen molar-refractivity contribution in [1.29, 1.82) is 0 Å². The molecule has 2 heterocycles. The maximum atomic E-state index is 10.5. The molecular weight excluding hydrogens is 266 g/mol. The first-order valence-electron chi connectivity index (χ1n) is 6.81. The molecule has 2 N–H and O–H groups in total. The average molecular weight is 283 g/mol. The molecular formula is C16H17N3O2. The molecule has 5 nitrogen and oxygen atoms in total. The molecule has 21 heavy (non-hydrogen) atoms. The topological polar surface area (TPSA) is 70.9 Å². The van der Waals surface area contributed by atoms with Crippen LogP contribution in [0.3, 0.4) is 0 Å². The van der Waals surface area contributed by atoms with Gasteiger partial charge in [-0.1, -0.05) is 19.9 Å². The number of aromatic nitrogens is 2. The lowest BCUT2D eigenvalue weighted by atomic mass is 9.84. The number of hydrogen-bond acceptors (Lipinski definition) is 3. The Balaban J connectivity index is 1.98. The van der Waals surface area contributed by atoms with Crippen LogP contribution in [0.1, 0.15) is 19.4 Å². The van der Waals surface area contributed by atoms with Gasteiger partial charge in [0, 0.05) is 12.0 Å². The lowest BCUT2D eigenvalue weighted by Crippen LogP contribution is -2.32. The van der Waals surface area contributed by atoms with Gasteiger partial charge in [0.25, 0.3) is 0 Å². The molecule has 0 atom stereocenters. The van der Waals surface area contributed by atoms with Crippen molar-refractivity contribution in [2.24, 2.45) is 0 Å². The molecule has 1 amide bonds. The van der Waals surface area contributed by atoms with Crippen molar-refractivity contribution in [3.8, 4) is 11.6 Å². The summed E-state index contributed by atoms with van der Waals surface area (Å²) in [7, 11) is 0. The standard InChI is InChI=1S/C16H17N3O2/c1-16(2,9-17-10-20)11-5-6-12-13(8-11)19-15(18-12)14-4-3-7-21-14/h3-8,10H,9H2,1-2H3,(H,17,20)(H,18,19).